The summed E-state index contributed by atoms with van der Waals surface area (Å²) in [4.78, 5) is 24.5. The van der Waals surface area contributed by atoms with Crippen molar-refractivity contribution < 1.29 is 18.7 Å². The average Bonchev–Trinajstić information content (AvgIpc) is 3.73. The number of benzene rings is 2. The zero-order valence-corrected chi connectivity index (χ0v) is 23.6. The maximum Gasteiger partial charge on any atom is 0.410 e. The second-order valence-corrected chi connectivity index (χ2v) is 11.3. The first-order chi connectivity index (χ1) is 20.0. The molecule has 6 rings (SSSR count). The first-order valence-electron chi connectivity index (χ1n) is 13.4. The van der Waals surface area contributed by atoms with Gasteiger partial charge in [-0.3, -0.25) is 5.32 Å². The molecule has 4 aromatic rings. The SMILES string of the molecule is O=C(O[C@H]1CN[C@@H](C#Cc2cc3c(Nc4ccc(OCc5cccc(F)c5)c(Cl)c4)ncnc3s2)C1)N1CCCC1. The van der Waals surface area contributed by atoms with E-state index in [1.165, 1.54) is 29.8 Å². The van der Waals surface area contributed by atoms with Gasteiger partial charge in [0.2, 0.25) is 0 Å². The number of carbonyl (C=O) groups is 1. The highest BCUT2D eigenvalue weighted by molar-refractivity contribution is 7.19. The molecule has 2 aromatic heterocycles. The molecule has 4 heterocycles. The van der Waals surface area contributed by atoms with Crippen molar-refractivity contribution in [3.63, 3.8) is 0 Å². The van der Waals surface area contributed by atoms with Gasteiger partial charge in [-0.1, -0.05) is 35.6 Å². The Labute approximate surface area is 245 Å². The summed E-state index contributed by atoms with van der Waals surface area (Å²) < 4.78 is 24.9. The van der Waals surface area contributed by atoms with Crippen molar-refractivity contribution in [2.75, 3.05) is 25.0 Å². The summed E-state index contributed by atoms with van der Waals surface area (Å²) >= 11 is 7.95. The Morgan fingerprint density at radius 2 is 2.07 bits per heavy atom. The lowest BCUT2D eigenvalue weighted by atomic mass is 10.2. The molecule has 2 aromatic carbocycles. The molecule has 1 amide bonds. The molecule has 210 valence electrons. The summed E-state index contributed by atoms with van der Waals surface area (Å²) in [5.41, 5.74) is 1.45. The van der Waals surface area contributed by atoms with Crippen LogP contribution in [0, 0.1) is 17.7 Å². The zero-order chi connectivity index (χ0) is 28.2. The van der Waals surface area contributed by atoms with Gasteiger partial charge in [0.15, 0.2) is 0 Å². The zero-order valence-electron chi connectivity index (χ0n) is 22.0. The van der Waals surface area contributed by atoms with E-state index in [2.05, 4.69) is 32.4 Å². The lowest BCUT2D eigenvalue weighted by Gasteiger charge is -2.18. The Kier molecular flexibility index (Phi) is 8.19. The van der Waals surface area contributed by atoms with E-state index in [9.17, 15) is 9.18 Å². The Hall–Kier alpha value is -3.91. The standard InChI is InChI=1S/C30H27ClFN5O3S/c31-26-14-22(7-9-27(26)39-17-19-4-3-5-20(32)12-19)36-28-25-15-24(41-29(25)35-18-34-28)8-6-21-13-23(16-33-21)40-30(38)37-10-1-2-11-37/h3-5,7,9,12,14-15,18,21,23,33H,1-2,10-11,13,16-17H2,(H,34,35,36)/t21-,23+/m0/s1. The fourth-order valence-electron chi connectivity index (χ4n) is 4.82. The van der Waals surface area contributed by atoms with E-state index in [0.29, 0.717) is 35.1 Å². The summed E-state index contributed by atoms with van der Waals surface area (Å²) in [6.45, 7) is 2.36. The number of halogens is 2. The Morgan fingerprint density at radius 3 is 2.90 bits per heavy atom. The van der Waals surface area contributed by atoms with Gasteiger partial charge in [-0.05, 0) is 54.8 Å². The van der Waals surface area contributed by atoms with Crippen LogP contribution in [0.15, 0.2) is 54.9 Å². The third-order valence-electron chi connectivity index (χ3n) is 6.90. The van der Waals surface area contributed by atoms with Gasteiger partial charge in [-0.15, -0.1) is 11.3 Å². The second-order valence-electron chi connectivity index (χ2n) is 9.91. The number of fused-ring (bicyclic) bond motifs is 1. The maximum atomic E-state index is 13.4. The summed E-state index contributed by atoms with van der Waals surface area (Å²) in [5, 5.41) is 7.91. The molecule has 41 heavy (non-hydrogen) atoms. The molecular weight excluding hydrogens is 565 g/mol. The van der Waals surface area contributed by atoms with Crippen molar-refractivity contribution in [3.05, 3.63) is 76.1 Å². The third kappa shape index (κ3) is 6.70. The maximum absolute atomic E-state index is 13.4. The van der Waals surface area contributed by atoms with Crippen LogP contribution in [-0.4, -0.2) is 52.7 Å². The number of aromatic nitrogens is 2. The van der Waals surface area contributed by atoms with Crippen molar-refractivity contribution in [2.45, 2.75) is 38.0 Å². The molecule has 0 aliphatic carbocycles. The highest BCUT2D eigenvalue weighted by atomic mass is 35.5. The Bertz CT molecular complexity index is 1630. The molecule has 8 nitrogen and oxygen atoms in total. The number of nitrogens with one attached hydrogen (secondary N) is 2. The van der Waals surface area contributed by atoms with Gasteiger partial charge >= 0.3 is 6.09 Å². The summed E-state index contributed by atoms with van der Waals surface area (Å²) in [6.07, 6.45) is 3.85. The smallest absolute Gasteiger partial charge is 0.410 e. The minimum absolute atomic E-state index is 0.0518. The van der Waals surface area contributed by atoms with Gasteiger partial charge in [0.1, 0.15) is 41.3 Å². The second kappa shape index (κ2) is 12.3. The highest BCUT2D eigenvalue weighted by Crippen LogP contribution is 2.33. The van der Waals surface area contributed by atoms with Crippen LogP contribution in [0.1, 0.15) is 29.7 Å². The van der Waals surface area contributed by atoms with Crippen LogP contribution >= 0.6 is 22.9 Å². The molecular formula is C30H27ClFN5O3S. The van der Waals surface area contributed by atoms with Gasteiger partial charge in [0.25, 0.3) is 0 Å². The van der Waals surface area contributed by atoms with Crippen LogP contribution in [0.5, 0.6) is 5.75 Å². The normalized spacial score (nSPS) is 18.2. The molecule has 2 aliphatic rings. The predicted molar refractivity (Wildman–Crippen MR) is 157 cm³/mol. The molecule has 2 N–H and O–H groups in total. The van der Waals surface area contributed by atoms with E-state index < -0.39 is 0 Å². The molecule has 0 bridgehead atoms. The van der Waals surface area contributed by atoms with Crippen molar-refractivity contribution >= 4 is 50.8 Å². The molecule has 2 atom stereocenters. The van der Waals surface area contributed by atoms with Gasteiger partial charge in [0, 0.05) is 31.7 Å². The van der Waals surface area contributed by atoms with E-state index in [4.69, 9.17) is 21.1 Å². The largest absolute Gasteiger partial charge is 0.487 e. The first-order valence-corrected chi connectivity index (χ1v) is 14.6. The number of hydrogen-bond donors (Lipinski definition) is 2. The average molecular weight is 592 g/mol. The van der Waals surface area contributed by atoms with Crippen molar-refractivity contribution in [1.82, 2.24) is 20.2 Å². The van der Waals surface area contributed by atoms with Crippen LogP contribution in [-0.2, 0) is 11.3 Å². The lowest BCUT2D eigenvalue weighted by molar-refractivity contribution is 0.0763. The number of thiophene rings is 1. The van der Waals surface area contributed by atoms with Crippen LogP contribution in [0.2, 0.25) is 5.02 Å². The topological polar surface area (TPSA) is 88.6 Å². The molecule has 0 unspecified atom stereocenters. The van der Waals surface area contributed by atoms with Crippen LogP contribution in [0.3, 0.4) is 0 Å². The van der Waals surface area contributed by atoms with Crippen molar-refractivity contribution in [1.29, 1.82) is 0 Å². The summed E-state index contributed by atoms with van der Waals surface area (Å²) in [7, 11) is 0. The predicted octanol–water partition coefficient (Wildman–Crippen LogP) is 6.12. The number of anilines is 2. The fourth-order valence-corrected chi connectivity index (χ4v) is 5.91. The number of amides is 1. The van der Waals surface area contributed by atoms with Gasteiger partial charge < -0.3 is 19.7 Å². The molecule has 2 fully saturated rings. The number of nitrogens with zero attached hydrogens (tertiary/aromatic N) is 3. The van der Waals surface area contributed by atoms with E-state index >= 15 is 0 Å². The Balaban J connectivity index is 1.09. The number of rotatable bonds is 6. The fraction of sp³-hybridized carbons (Fsp3) is 0.300. The number of ether oxygens (including phenoxy) is 2. The van der Waals surface area contributed by atoms with E-state index in [0.717, 1.165) is 46.7 Å². The number of likely N-dealkylation sites (tertiary alicyclic amines) is 1. The molecule has 0 radical (unpaired) electrons. The summed E-state index contributed by atoms with van der Waals surface area (Å²) in [6, 6.07) is 13.5. The molecule has 2 aliphatic heterocycles. The number of hydrogen-bond acceptors (Lipinski definition) is 8. The third-order valence-corrected chi connectivity index (χ3v) is 8.15. The molecule has 0 spiro atoms. The van der Waals surface area contributed by atoms with E-state index in [1.54, 1.807) is 29.2 Å². The van der Waals surface area contributed by atoms with Crippen LogP contribution in [0.4, 0.5) is 20.7 Å². The van der Waals surface area contributed by atoms with Crippen LogP contribution < -0.4 is 15.4 Å². The quantitative estimate of drug-likeness (QED) is 0.261. The van der Waals surface area contributed by atoms with Crippen LogP contribution in [0.25, 0.3) is 10.2 Å². The molecule has 2 saturated heterocycles. The molecule has 0 saturated carbocycles. The number of carbonyl (C=O) groups excluding carboxylic acids is 1. The minimum Gasteiger partial charge on any atom is -0.487 e. The van der Waals surface area contributed by atoms with E-state index in [1.807, 2.05) is 12.1 Å². The van der Waals surface area contributed by atoms with Gasteiger partial charge in [-0.25, -0.2) is 19.2 Å². The monoisotopic (exact) mass is 591 g/mol. The highest BCUT2D eigenvalue weighted by Gasteiger charge is 2.28. The first kappa shape index (κ1) is 27.3. The van der Waals surface area contributed by atoms with Gasteiger partial charge in [-0.2, -0.15) is 0 Å². The Morgan fingerprint density at radius 1 is 1.20 bits per heavy atom. The lowest BCUT2D eigenvalue weighted by Crippen LogP contribution is -2.32. The molecule has 11 heteroatoms. The van der Waals surface area contributed by atoms with Crippen molar-refractivity contribution in [2.24, 2.45) is 0 Å². The summed E-state index contributed by atoms with van der Waals surface area (Å²) in [5.74, 6) is 7.33. The van der Waals surface area contributed by atoms with Crippen molar-refractivity contribution in [3.8, 4) is 17.6 Å². The van der Waals surface area contributed by atoms with E-state index in [-0.39, 0.29) is 30.7 Å². The minimum atomic E-state index is -0.310. The van der Waals surface area contributed by atoms with Gasteiger partial charge in [0.05, 0.1) is 21.3 Å².